The Labute approximate surface area is 571 Å². The van der Waals surface area contributed by atoms with Crippen LogP contribution in [0, 0.1) is 28.6 Å². The maximum absolute atomic E-state index is 14.2. The van der Waals surface area contributed by atoms with Gasteiger partial charge in [-0.1, -0.05) is 73.7 Å². The van der Waals surface area contributed by atoms with Crippen LogP contribution in [0.25, 0.3) is 43.4 Å². The average molecular weight is 1400 g/mol. The van der Waals surface area contributed by atoms with Gasteiger partial charge in [0.1, 0.15) is 37.2 Å². The number of aliphatic hydroxyl groups is 3. The molecule has 520 valence electrons. The molecule has 2 aliphatic heterocycles. The number of amides is 5. The maximum Gasteiger partial charge on any atom is 0.410 e. The number of carboxylic acids is 2. The van der Waals surface area contributed by atoms with Gasteiger partial charge in [-0.25, -0.2) is 24.4 Å². The van der Waals surface area contributed by atoms with Crippen LogP contribution in [0.4, 0.5) is 9.93 Å². The first-order valence-corrected chi connectivity index (χ1v) is 35.0. The Balaban J connectivity index is 0.691. The number of hydrogen-bond acceptors (Lipinski definition) is 20. The van der Waals surface area contributed by atoms with Crippen molar-refractivity contribution in [3.05, 3.63) is 137 Å². The lowest BCUT2D eigenvalue weighted by Gasteiger charge is -2.64. The third kappa shape index (κ3) is 13.2. The topological polar surface area (TPSA) is 386 Å². The smallest absolute Gasteiger partial charge is 0.410 e. The number of fused-ring (bicyclic) bond motifs is 4. The van der Waals surface area contributed by atoms with Crippen molar-refractivity contribution in [2.45, 2.75) is 128 Å². The first-order valence-electron chi connectivity index (χ1n) is 32.6. The maximum atomic E-state index is 14.2. The summed E-state index contributed by atoms with van der Waals surface area (Å²) in [6.45, 7) is 5.57. The number of thiazole rings is 1. The molecule has 8 N–H and O–H groups in total. The van der Waals surface area contributed by atoms with Crippen molar-refractivity contribution in [2.24, 2.45) is 21.7 Å². The number of pyridine rings is 1. The molecule has 1 spiro atoms. The number of aryl methyl sites for hydroxylation is 1. The molecule has 5 amide bonds. The van der Waals surface area contributed by atoms with Crippen LogP contribution in [-0.2, 0) is 63.1 Å². The molecule has 6 aliphatic rings. The summed E-state index contributed by atoms with van der Waals surface area (Å²) < 4.78 is 61.5. The minimum atomic E-state index is -4.61. The van der Waals surface area contributed by atoms with Gasteiger partial charge in [0.05, 0.1) is 40.1 Å². The number of carbonyl (C=O) groups excluding carboxylic acids is 5. The van der Waals surface area contributed by atoms with E-state index in [1.54, 1.807) is 36.5 Å². The fourth-order valence-electron chi connectivity index (χ4n) is 17.1. The lowest BCUT2D eigenvalue weighted by Crippen LogP contribution is -2.61. The van der Waals surface area contributed by atoms with E-state index in [1.807, 2.05) is 60.1 Å². The SMILES string of the molecule is Cc1c(-c2ccc(-c3ccc4cccc(C(=O)Nc5nc6ccccc6s5)c4c3)nc2C(=O)O)cnn1CC12CC3(OCCN(CCS(=O)(=O)O)C(=O)OCc4ccc(CCCCNC(=O)CN5C(=O)C=CC5=O)cc4O[C@@H]4O[C@H](C(=O)O)[C@@H](O)[C@H](O)[C@H]4O)CC4(C)CC(C)(C1)C4(C2)C3. The molecule has 10 atom stereocenters. The largest absolute Gasteiger partial charge is 0.479 e. The van der Waals surface area contributed by atoms with Crippen molar-refractivity contribution in [1.82, 2.24) is 34.9 Å². The number of imide groups is 1. The van der Waals surface area contributed by atoms with Crippen molar-refractivity contribution in [1.29, 1.82) is 0 Å². The highest BCUT2D eigenvalue weighted by molar-refractivity contribution is 7.85. The van der Waals surface area contributed by atoms with Gasteiger partial charge in [0.25, 0.3) is 27.8 Å². The van der Waals surface area contributed by atoms with Crippen molar-refractivity contribution in [2.75, 3.05) is 43.9 Å². The molecule has 1 saturated heterocycles. The lowest BCUT2D eigenvalue weighted by atomic mass is 9.40. The van der Waals surface area contributed by atoms with Crippen molar-refractivity contribution < 1.29 is 91.0 Å². The highest BCUT2D eigenvalue weighted by Gasteiger charge is 2.84. The van der Waals surface area contributed by atoms with Crippen LogP contribution in [0.1, 0.15) is 103 Å². The normalized spacial score (nSPS) is 26.6. The van der Waals surface area contributed by atoms with Gasteiger partial charge in [-0.3, -0.25) is 38.6 Å². The number of hydrogen-bond donors (Lipinski definition) is 8. The molecular weight excluding hydrogens is 1320 g/mol. The number of carboxylic acid groups (broad SMARTS) is 2. The number of nitrogens with one attached hydrogen (secondary N) is 2. The second-order valence-electron chi connectivity index (χ2n) is 27.7. The van der Waals surface area contributed by atoms with Crippen LogP contribution in [0.3, 0.4) is 0 Å². The molecule has 7 aromatic rings. The number of benzene rings is 4. The number of ether oxygens (including phenoxy) is 4. The number of unbranched alkanes of at least 4 members (excludes halogenated alkanes) is 1. The number of anilines is 1. The van der Waals surface area contributed by atoms with E-state index >= 15 is 0 Å². The molecule has 3 bridgehead atoms. The molecule has 5 heterocycles. The summed E-state index contributed by atoms with van der Waals surface area (Å²) in [5.41, 5.74) is 3.30. The van der Waals surface area contributed by atoms with E-state index in [2.05, 4.69) is 29.5 Å². The molecule has 4 aliphatic carbocycles. The standard InChI is InChI=1S/C70H74N8O19S2/c1-39-47(44-18-19-48(73-55(44)61(86)87)42-17-16-41-10-8-11-45(46(41)28-42)60(85)75-64-74-49-12-4-5-13-51(49)98-64)29-72-78(39)38-68-33-66(2)32-67(3)34-69(35-68,37-70(66,67)36-68)95-25-23-76(24-26-99(91,92)93)65(90)94-31-43-15-14-40(9-6-7-22-71-52(79)30-77-53(80)20-21-54(77)81)27-50(43)96-63-58(84)56(82)57(83)59(97-63)62(88)89/h4-5,8,10-21,27-29,56-59,63,82-84H,6-7,9,22-26,30-38H2,1-3H3,(H,71,79)(H,86,87)(H,88,89)(H,74,75,85)(H,91,92,93)/t56-,57-,58+,59-,63+,66?,67?,68?,69?,70?/m0/s1. The zero-order chi connectivity index (χ0) is 70.1. The molecule has 4 saturated carbocycles. The molecule has 3 aromatic heterocycles. The van der Waals surface area contributed by atoms with Crippen LogP contribution in [0.5, 0.6) is 5.75 Å². The first-order chi connectivity index (χ1) is 47.1. The fraction of sp³-hybridized carbons (Fsp3) is 0.429. The fourth-order valence-corrected chi connectivity index (χ4v) is 18.4. The Morgan fingerprint density at radius 2 is 1.60 bits per heavy atom. The van der Waals surface area contributed by atoms with Crippen LogP contribution in [0.2, 0.25) is 0 Å². The van der Waals surface area contributed by atoms with Crippen molar-refractivity contribution in [3.8, 4) is 28.1 Å². The Hall–Kier alpha value is -9.07. The van der Waals surface area contributed by atoms with Gasteiger partial charge in [-0.15, -0.1) is 0 Å². The van der Waals surface area contributed by atoms with Gasteiger partial charge in [0.2, 0.25) is 12.2 Å². The quantitative estimate of drug-likeness (QED) is 0.0155. The van der Waals surface area contributed by atoms with Gasteiger partial charge in [0, 0.05) is 71.8 Å². The molecular formula is C70H74N8O19S2. The van der Waals surface area contributed by atoms with E-state index in [1.165, 1.54) is 23.5 Å². The molecule has 5 unspecified atom stereocenters. The highest BCUT2D eigenvalue weighted by Crippen LogP contribution is 2.89. The van der Waals surface area contributed by atoms with Crippen molar-refractivity contribution >= 4 is 89.2 Å². The minimum absolute atomic E-state index is 0.0293. The van der Waals surface area contributed by atoms with Gasteiger partial charge >= 0.3 is 18.0 Å². The number of aromatic nitrogens is 4. The Morgan fingerprint density at radius 1 is 0.818 bits per heavy atom. The van der Waals surface area contributed by atoms with Crippen LogP contribution >= 0.6 is 11.3 Å². The third-order valence-electron chi connectivity index (χ3n) is 21.1. The average Bonchev–Trinajstić information content (AvgIpc) is 1.46. The summed E-state index contributed by atoms with van der Waals surface area (Å²) in [4.78, 5) is 101. The van der Waals surface area contributed by atoms with E-state index in [-0.39, 0.29) is 64.3 Å². The summed E-state index contributed by atoms with van der Waals surface area (Å²) in [6, 6.07) is 26.8. The summed E-state index contributed by atoms with van der Waals surface area (Å²) in [7, 11) is -4.61. The zero-order valence-corrected chi connectivity index (χ0v) is 55.9. The molecule has 27 nitrogen and oxygen atoms in total. The van der Waals surface area contributed by atoms with E-state index in [0.29, 0.717) is 76.3 Å². The molecule has 4 aromatic carbocycles. The van der Waals surface area contributed by atoms with E-state index < -0.39 is 108 Å². The Kier molecular flexibility index (Phi) is 18.1. The zero-order valence-electron chi connectivity index (χ0n) is 54.3. The minimum Gasteiger partial charge on any atom is -0.479 e. The molecule has 29 heteroatoms. The third-order valence-corrected chi connectivity index (χ3v) is 22.7. The molecule has 0 radical (unpaired) electrons. The molecule has 5 fully saturated rings. The van der Waals surface area contributed by atoms with Gasteiger partial charge in [0.15, 0.2) is 16.9 Å². The van der Waals surface area contributed by atoms with E-state index in [4.69, 9.17) is 29.0 Å². The van der Waals surface area contributed by atoms with Crippen LogP contribution in [0.15, 0.2) is 109 Å². The van der Waals surface area contributed by atoms with Gasteiger partial charge < -0.3 is 54.7 Å². The van der Waals surface area contributed by atoms with E-state index in [0.717, 1.165) is 75.4 Å². The number of nitrogens with zero attached hydrogens (tertiary/aromatic N) is 6. The Morgan fingerprint density at radius 3 is 2.35 bits per heavy atom. The number of aliphatic hydroxyl groups excluding tert-OH is 3. The summed E-state index contributed by atoms with van der Waals surface area (Å²) >= 11 is 1.37. The van der Waals surface area contributed by atoms with E-state index in [9.17, 15) is 72.1 Å². The predicted molar refractivity (Wildman–Crippen MR) is 357 cm³/mol. The Bertz CT molecular complexity index is 4550. The highest BCUT2D eigenvalue weighted by atomic mass is 32.2. The van der Waals surface area contributed by atoms with Gasteiger partial charge in [-0.05, 0) is 145 Å². The summed E-state index contributed by atoms with van der Waals surface area (Å²) in [5.74, 6) is -5.88. The lowest BCUT2D eigenvalue weighted by molar-refractivity contribution is -0.271. The number of aromatic carboxylic acids is 1. The monoisotopic (exact) mass is 1390 g/mol. The molecule has 99 heavy (non-hydrogen) atoms. The second kappa shape index (κ2) is 26.2. The summed E-state index contributed by atoms with van der Waals surface area (Å²) in [5, 5.41) is 64.9. The second-order valence-corrected chi connectivity index (χ2v) is 30.3. The molecule has 13 rings (SSSR count). The summed E-state index contributed by atoms with van der Waals surface area (Å²) in [6.07, 6.45) is -0.881. The number of aliphatic carboxylic acids is 1. The number of rotatable bonds is 26. The van der Waals surface area contributed by atoms with Gasteiger partial charge in [-0.2, -0.15) is 13.5 Å². The number of carbonyl (C=O) groups is 7. The van der Waals surface area contributed by atoms with Crippen LogP contribution in [-0.4, -0.2) is 185 Å². The van der Waals surface area contributed by atoms with Crippen LogP contribution < -0.4 is 15.4 Å². The first kappa shape index (κ1) is 68.5. The predicted octanol–water partition coefficient (Wildman–Crippen LogP) is 6.93. The number of para-hydroxylation sites is 1. The van der Waals surface area contributed by atoms with Crippen molar-refractivity contribution in [3.63, 3.8) is 0 Å².